The van der Waals surface area contributed by atoms with E-state index in [-0.39, 0.29) is 12.1 Å². The van der Waals surface area contributed by atoms with Crippen LogP contribution >= 0.6 is 0 Å². The van der Waals surface area contributed by atoms with Crippen LogP contribution in [0.25, 0.3) is 0 Å². The first kappa shape index (κ1) is 16.8. The predicted octanol–water partition coefficient (Wildman–Crippen LogP) is 2.60. The fourth-order valence-corrected chi connectivity index (χ4v) is 1.83. The van der Waals surface area contributed by atoms with Gasteiger partial charge in [0.15, 0.2) is 11.5 Å². The van der Waals surface area contributed by atoms with Crippen LogP contribution in [0.4, 0.5) is 0 Å². The van der Waals surface area contributed by atoms with Gasteiger partial charge in [-0.25, -0.2) is 0 Å². The van der Waals surface area contributed by atoms with Crippen LogP contribution in [0.5, 0.6) is 11.5 Å². The highest BCUT2D eigenvalue weighted by atomic mass is 16.5. The van der Waals surface area contributed by atoms with Crippen molar-refractivity contribution in [2.24, 2.45) is 0 Å². The predicted molar refractivity (Wildman–Crippen MR) is 81.5 cm³/mol. The number of hydrogen-bond donors (Lipinski definition) is 2. The summed E-state index contributed by atoms with van der Waals surface area (Å²) in [6.07, 6.45) is 2.71. The monoisotopic (exact) mass is 281 g/mol. The van der Waals surface area contributed by atoms with E-state index in [0.717, 1.165) is 30.8 Å². The number of hydrogen-bond acceptors (Lipinski definition) is 4. The summed E-state index contributed by atoms with van der Waals surface area (Å²) >= 11 is 0. The SMILES string of the molecule is CCCOc1ccccc1OCCCC(C)(CO)NC. The summed E-state index contributed by atoms with van der Waals surface area (Å²) < 4.78 is 11.4. The molecule has 1 aromatic carbocycles. The molecule has 0 spiro atoms. The molecule has 0 aliphatic rings. The van der Waals surface area contributed by atoms with Gasteiger partial charge in [-0.2, -0.15) is 0 Å². The van der Waals surface area contributed by atoms with Crippen LogP contribution < -0.4 is 14.8 Å². The van der Waals surface area contributed by atoms with E-state index in [2.05, 4.69) is 12.2 Å². The molecule has 114 valence electrons. The normalized spacial score (nSPS) is 13.8. The maximum Gasteiger partial charge on any atom is 0.161 e. The van der Waals surface area contributed by atoms with E-state index in [1.807, 2.05) is 38.2 Å². The molecule has 1 aromatic rings. The molecule has 0 heterocycles. The molecule has 1 atom stereocenters. The zero-order valence-electron chi connectivity index (χ0n) is 12.8. The van der Waals surface area contributed by atoms with Crippen molar-refractivity contribution in [1.82, 2.24) is 5.32 Å². The van der Waals surface area contributed by atoms with Gasteiger partial charge in [-0.05, 0) is 45.4 Å². The van der Waals surface area contributed by atoms with Crippen molar-refractivity contribution in [3.05, 3.63) is 24.3 Å². The van der Waals surface area contributed by atoms with Crippen LogP contribution in [-0.2, 0) is 0 Å². The number of likely N-dealkylation sites (N-methyl/N-ethyl adjacent to an activating group) is 1. The standard InChI is InChI=1S/C16H27NO3/c1-4-11-19-14-8-5-6-9-15(14)20-12-7-10-16(2,13-18)17-3/h5-6,8-9,17-18H,4,7,10-13H2,1-3H3. The quantitative estimate of drug-likeness (QED) is 0.647. The van der Waals surface area contributed by atoms with Gasteiger partial charge in [0.1, 0.15) is 0 Å². The molecule has 0 saturated carbocycles. The first-order valence-corrected chi connectivity index (χ1v) is 7.29. The minimum atomic E-state index is -0.235. The van der Waals surface area contributed by atoms with Gasteiger partial charge in [-0.3, -0.25) is 0 Å². The highest BCUT2D eigenvalue weighted by Gasteiger charge is 2.19. The summed E-state index contributed by atoms with van der Waals surface area (Å²) in [6.45, 7) is 5.52. The van der Waals surface area contributed by atoms with Crippen molar-refractivity contribution in [1.29, 1.82) is 0 Å². The molecule has 0 aliphatic carbocycles. The Morgan fingerprint density at radius 3 is 2.25 bits per heavy atom. The molecular weight excluding hydrogens is 254 g/mol. The Bertz CT molecular complexity index is 378. The lowest BCUT2D eigenvalue weighted by atomic mass is 9.97. The molecule has 0 saturated heterocycles. The zero-order chi connectivity index (χ0) is 14.8. The van der Waals surface area contributed by atoms with Gasteiger partial charge in [0.2, 0.25) is 0 Å². The van der Waals surface area contributed by atoms with Gasteiger partial charge >= 0.3 is 0 Å². The van der Waals surface area contributed by atoms with E-state index in [4.69, 9.17) is 9.47 Å². The molecule has 0 fully saturated rings. The summed E-state index contributed by atoms with van der Waals surface area (Å²) in [6, 6.07) is 7.74. The zero-order valence-corrected chi connectivity index (χ0v) is 12.8. The van der Waals surface area contributed by atoms with Gasteiger partial charge in [0.25, 0.3) is 0 Å². The molecule has 1 unspecified atom stereocenters. The number of para-hydroxylation sites is 2. The topological polar surface area (TPSA) is 50.7 Å². The van der Waals surface area contributed by atoms with Gasteiger partial charge < -0.3 is 19.9 Å². The van der Waals surface area contributed by atoms with E-state index in [9.17, 15) is 5.11 Å². The highest BCUT2D eigenvalue weighted by Crippen LogP contribution is 2.26. The van der Waals surface area contributed by atoms with Crippen LogP contribution in [0, 0.1) is 0 Å². The summed E-state index contributed by atoms with van der Waals surface area (Å²) in [5.74, 6) is 1.59. The van der Waals surface area contributed by atoms with Crippen molar-refractivity contribution in [2.45, 2.75) is 38.6 Å². The first-order valence-electron chi connectivity index (χ1n) is 7.29. The average molecular weight is 281 g/mol. The summed E-state index contributed by atoms with van der Waals surface area (Å²) in [4.78, 5) is 0. The summed E-state index contributed by atoms with van der Waals surface area (Å²) in [5, 5.41) is 12.5. The smallest absolute Gasteiger partial charge is 0.161 e. The fourth-order valence-electron chi connectivity index (χ4n) is 1.83. The molecule has 0 aromatic heterocycles. The minimum Gasteiger partial charge on any atom is -0.490 e. The van der Waals surface area contributed by atoms with Gasteiger partial charge in [-0.15, -0.1) is 0 Å². The maximum atomic E-state index is 9.32. The molecular formula is C16H27NO3. The second-order valence-electron chi connectivity index (χ2n) is 5.22. The fraction of sp³-hybridized carbons (Fsp3) is 0.625. The lowest BCUT2D eigenvalue weighted by Crippen LogP contribution is -2.43. The van der Waals surface area contributed by atoms with Crippen molar-refractivity contribution >= 4 is 0 Å². The number of benzene rings is 1. The van der Waals surface area contributed by atoms with Crippen molar-refractivity contribution in [3.63, 3.8) is 0 Å². The van der Waals surface area contributed by atoms with E-state index in [1.54, 1.807) is 0 Å². The van der Waals surface area contributed by atoms with E-state index >= 15 is 0 Å². The molecule has 0 radical (unpaired) electrons. The summed E-state index contributed by atoms with van der Waals surface area (Å²) in [7, 11) is 1.87. The Hall–Kier alpha value is -1.26. The van der Waals surface area contributed by atoms with Crippen LogP contribution in [0.15, 0.2) is 24.3 Å². The van der Waals surface area contributed by atoms with E-state index < -0.39 is 0 Å². The van der Waals surface area contributed by atoms with Crippen molar-refractivity contribution in [3.8, 4) is 11.5 Å². The number of ether oxygens (including phenoxy) is 2. The number of aliphatic hydroxyl groups is 1. The van der Waals surface area contributed by atoms with Gasteiger partial charge in [-0.1, -0.05) is 19.1 Å². The second-order valence-corrected chi connectivity index (χ2v) is 5.22. The number of nitrogens with one attached hydrogen (secondary N) is 1. The first-order chi connectivity index (χ1) is 9.65. The highest BCUT2D eigenvalue weighted by molar-refractivity contribution is 5.39. The third-order valence-electron chi connectivity index (χ3n) is 3.39. The average Bonchev–Trinajstić information content (AvgIpc) is 2.50. The third-order valence-corrected chi connectivity index (χ3v) is 3.39. The van der Waals surface area contributed by atoms with Crippen LogP contribution in [0.3, 0.4) is 0 Å². The number of aliphatic hydroxyl groups excluding tert-OH is 1. The summed E-state index contributed by atoms with van der Waals surface area (Å²) in [5.41, 5.74) is -0.235. The Balaban J connectivity index is 2.42. The molecule has 1 rings (SSSR count). The molecule has 0 amide bonds. The van der Waals surface area contributed by atoms with E-state index in [0.29, 0.717) is 13.2 Å². The Morgan fingerprint density at radius 1 is 1.15 bits per heavy atom. The van der Waals surface area contributed by atoms with Gasteiger partial charge in [0.05, 0.1) is 19.8 Å². The molecule has 2 N–H and O–H groups in total. The lowest BCUT2D eigenvalue weighted by Gasteiger charge is -2.26. The van der Waals surface area contributed by atoms with E-state index in [1.165, 1.54) is 0 Å². The minimum absolute atomic E-state index is 0.125. The molecule has 0 bridgehead atoms. The van der Waals surface area contributed by atoms with Crippen LogP contribution in [0.2, 0.25) is 0 Å². The van der Waals surface area contributed by atoms with Crippen LogP contribution in [-0.4, -0.2) is 37.5 Å². The largest absolute Gasteiger partial charge is 0.490 e. The maximum absolute atomic E-state index is 9.32. The number of rotatable bonds is 10. The Morgan fingerprint density at radius 2 is 1.75 bits per heavy atom. The van der Waals surface area contributed by atoms with Crippen molar-refractivity contribution < 1.29 is 14.6 Å². The molecule has 0 aliphatic heterocycles. The lowest BCUT2D eigenvalue weighted by molar-refractivity contribution is 0.162. The molecule has 4 heteroatoms. The van der Waals surface area contributed by atoms with Crippen LogP contribution in [0.1, 0.15) is 33.1 Å². The Labute approximate surface area is 122 Å². The molecule has 20 heavy (non-hydrogen) atoms. The van der Waals surface area contributed by atoms with Gasteiger partial charge in [0, 0.05) is 5.54 Å². The second kappa shape index (κ2) is 8.82. The van der Waals surface area contributed by atoms with Crippen molar-refractivity contribution in [2.75, 3.05) is 26.9 Å². The Kier molecular flexibility index (Phi) is 7.41. The molecule has 4 nitrogen and oxygen atoms in total. The third kappa shape index (κ3) is 5.39.